The van der Waals surface area contributed by atoms with Gasteiger partial charge in [-0.2, -0.15) is 0 Å². The summed E-state index contributed by atoms with van der Waals surface area (Å²) in [6.07, 6.45) is 0. The molecule has 0 saturated carbocycles. The van der Waals surface area contributed by atoms with Gasteiger partial charge in [0.2, 0.25) is 0 Å². The van der Waals surface area contributed by atoms with Gasteiger partial charge in [0.25, 0.3) is 0 Å². The SMILES string of the molecule is CCOc1ccc(Nc2ccc(C(N)=S)c(F)c2F)cc1. The van der Waals surface area contributed by atoms with Gasteiger partial charge >= 0.3 is 0 Å². The molecule has 2 aromatic rings. The molecule has 3 nitrogen and oxygen atoms in total. The van der Waals surface area contributed by atoms with Gasteiger partial charge in [0.1, 0.15) is 10.7 Å². The summed E-state index contributed by atoms with van der Waals surface area (Å²) >= 11 is 4.66. The lowest BCUT2D eigenvalue weighted by Gasteiger charge is -2.11. The molecule has 21 heavy (non-hydrogen) atoms. The number of benzene rings is 2. The highest BCUT2D eigenvalue weighted by Gasteiger charge is 2.15. The highest BCUT2D eigenvalue weighted by molar-refractivity contribution is 7.80. The smallest absolute Gasteiger partial charge is 0.182 e. The minimum absolute atomic E-state index is 0.0108. The van der Waals surface area contributed by atoms with Crippen LogP contribution in [0.3, 0.4) is 0 Å². The van der Waals surface area contributed by atoms with E-state index in [4.69, 9.17) is 10.5 Å². The Balaban J connectivity index is 2.23. The number of nitrogens with one attached hydrogen (secondary N) is 1. The molecule has 0 amide bonds. The van der Waals surface area contributed by atoms with Crippen molar-refractivity contribution in [2.24, 2.45) is 5.73 Å². The van der Waals surface area contributed by atoms with Crippen molar-refractivity contribution in [2.75, 3.05) is 11.9 Å². The Labute approximate surface area is 126 Å². The summed E-state index contributed by atoms with van der Waals surface area (Å²) in [5.41, 5.74) is 5.83. The maximum absolute atomic E-state index is 13.9. The molecule has 0 heterocycles. The van der Waals surface area contributed by atoms with Gasteiger partial charge in [-0.1, -0.05) is 12.2 Å². The van der Waals surface area contributed by atoms with E-state index in [2.05, 4.69) is 17.5 Å². The number of hydrogen-bond donors (Lipinski definition) is 2. The molecule has 0 spiro atoms. The summed E-state index contributed by atoms with van der Waals surface area (Å²) in [5, 5.41) is 2.79. The Kier molecular flexibility index (Phi) is 4.70. The third-order valence-electron chi connectivity index (χ3n) is 2.79. The first-order valence-electron chi connectivity index (χ1n) is 6.30. The van der Waals surface area contributed by atoms with Gasteiger partial charge in [-0.3, -0.25) is 0 Å². The minimum Gasteiger partial charge on any atom is -0.494 e. The van der Waals surface area contributed by atoms with Crippen molar-refractivity contribution in [3.63, 3.8) is 0 Å². The van der Waals surface area contributed by atoms with Crippen LogP contribution in [-0.4, -0.2) is 11.6 Å². The van der Waals surface area contributed by atoms with Gasteiger partial charge in [-0.15, -0.1) is 0 Å². The fraction of sp³-hybridized carbons (Fsp3) is 0.133. The van der Waals surface area contributed by atoms with Crippen LogP contribution in [0.2, 0.25) is 0 Å². The van der Waals surface area contributed by atoms with Crippen molar-refractivity contribution in [2.45, 2.75) is 6.92 Å². The topological polar surface area (TPSA) is 47.3 Å². The van der Waals surface area contributed by atoms with E-state index in [1.54, 1.807) is 24.3 Å². The normalized spacial score (nSPS) is 10.2. The van der Waals surface area contributed by atoms with E-state index in [-0.39, 0.29) is 16.2 Å². The quantitative estimate of drug-likeness (QED) is 0.826. The molecule has 0 aliphatic rings. The van der Waals surface area contributed by atoms with Crippen LogP contribution in [0.4, 0.5) is 20.2 Å². The number of nitrogens with two attached hydrogens (primary N) is 1. The lowest BCUT2D eigenvalue weighted by atomic mass is 10.1. The average molecular weight is 308 g/mol. The van der Waals surface area contributed by atoms with Crippen LogP contribution in [0.5, 0.6) is 5.75 Å². The zero-order valence-electron chi connectivity index (χ0n) is 11.3. The molecule has 0 saturated heterocycles. The maximum atomic E-state index is 13.9. The summed E-state index contributed by atoms with van der Waals surface area (Å²) in [4.78, 5) is -0.181. The Morgan fingerprint density at radius 1 is 1.14 bits per heavy atom. The number of anilines is 2. The van der Waals surface area contributed by atoms with Crippen molar-refractivity contribution in [3.05, 3.63) is 53.6 Å². The van der Waals surface area contributed by atoms with Gasteiger partial charge in [-0.05, 0) is 43.3 Å². The first kappa shape index (κ1) is 15.2. The van der Waals surface area contributed by atoms with Crippen LogP contribution in [0.1, 0.15) is 12.5 Å². The standard InChI is InChI=1S/C15H14F2N2OS/c1-2-20-10-5-3-9(4-6-10)19-12-8-7-11(15(18)21)13(16)14(12)17/h3-8,19H,2H2,1H3,(H2,18,21). The van der Waals surface area contributed by atoms with E-state index < -0.39 is 11.6 Å². The molecule has 2 aromatic carbocycles. The van der Waals surface area contributed by atoms with Crippen LogP contribution < -0.4 is 15.8 Å². The van der Waals surface area contributed by atoms with Crippen LogP contribution in [0, 0.1) is 11.6 Å². The molecule has 0 unspecified atom stereocenters. The van der Waals surface area contributed by atoms with Crippen LogP contribution in [-0.2, 0) is 0 Å². The van der Waals surface area contributed by atoms with Gasteiger partial charge in [0.15, 0.2) is 11.6 Å². The largest absolute Gasteiger partial charge is 0.494 e. The summed E-state index contributed by atoms with van der Waals surface area (Å²) in [6.45, 7) is 2.45. The van der Waals surface area contributed by atoms with Crippen molar-refractivity contribution in [3.8, 4) is 5.75 Å². The fourth-order valence-electron chi connectivity index (χ4n) is 1.79. The zero-order valence-corrected chi connectivity index (χ0v) is 12.1. The van der Waals surface area contributed by atoms with Crippen molar-refractivity contribution in [1.82, 2.24) is 0 Å². The van der Waals surface area contributed by atoms with E-state index in [0.29, 0.717) is 18.0 Å². The van der Waals surface area contributed by atoms with Crippen molar-refractivity contribution in [1.29, 1.82) is 0 Å². The summed E-state index contributed by atoms with van der Waals surface area (Å²) in [7, 11) is 0. The third kappa shape index (κ3) is 3.46. The predicted molar refractivity (Wildman–Crippen MR) is 83.1 cm³/mol. The molecular weight excluding hydrogens is 294 g/mol. The van der Waals surface area contributed by atoms with Crippen LogP contribution in [0.15, 0.2) is 36.4 Å². The van der Waals surface area contributed by atoms with E-state index in [1.165, 1.54) is 12.1 Å². The Hall–Kier alpha value is -2.21. The number of rotatable bonds is 5. The summed E-state index contributed by atoms with van der Waals surface area (Å²) < 4.78 is 33.0. The summed E-state index contributed by atoms with van der Waals surface area (Å²) in [5.74, 6) is -1.37. The minimum atomic E-state index is -1.06. The van der Waals surface area contributed by atoms with E-state index >= 15 is 0 Å². The molecule has 6 heteroatoms. The molecule has 0 fully saturated rings. The fourth-order valence-corrected chi connectivity index (χ4v) is 1.95. The van der Waals surface area contributed by atoms with Crippen LogP contribution in [0.25, 0.3) is 0 Å². The van der Waals surface area contributed by atoms with E-state index in [1.807, 2.05) is 6.92 Å². The summed E-state index contributed by atoms with van der Waals surface area (Å²) in [6, 6.07) is 9.64. The zero-order chi connectivity index (χ0) is 15.4. The number of thiocarbonyl (C=S) groups is 1. The van der Waals surface area contributed by atoms with Crippen LogP contribution >= 0.6 is 12.2 Å². The van der Waals surface area contributed by atoms with E-state index in [9.17, 15) is 8.78 Å². The second-order valence-electron chi connectivity index (χ2n) is 4.24. The first-order chi connectivity index (χ1) is 10.0. The monoisotopic (exact) mass is 308 g/mol. The van der Waals surface area contributed by atoms with Crippen molar-refractivity contribution >= 4 is 28.6 Å². The molecule has 2 rings (SSSR count). The van der Waals surface area contributed by atoms with Gasteiger partial charge in [0, 0.05) is 11.3 Å². The second-order valence-corrected chi connectivity index (χ2v) is 4.68. The van der Waals surface area contributed by atoms with E-state index in [0.717, 1.165) is 0 Å². The molecule has 0 atom stereocenters. The number of halogens is 2. The molecular formula is C15H14F2N2OS. The third-order valence-corrected chi connectivity index (χ3v) is 3.01. The average Bonchev–Trinajstić information content (AvgIpc) is 2.46. The maximum Gasteiger partial charge on any atom is 0.182 e. The molecule has 0 radical (unpaired) electrons. The Morgan fingerprint density at radius 2 is 1.81 bits per heavy atom. The Morgan fingerprint density at radius 3 is 2.38 bits per heavy atom. The highest BCUT2D eigenvalue weighted by atomic mass is 32.1. The van der Waals surface area contributed by atoms with Gasteiger partial charge < -0.3 is 15.8 Å². The lowest BCUT2D eigenvalue weighted by Crippen LogP contribution is -2.13. The van der Waals surface area contributed by atoms with Gasteiger partial charge in [-0.25, -0.2) is 8.78 Å². The molecule has 3 N–H and O–H groups in total. The highest BCUT2D eigenvalue weighted by Crippen LogP contribution is 2.25. The molecule has 0 bridgehead atoms. The molecule has 0 aromatic heterocycles. The first-order valence-corrected chi connectivity index (χ1v) is 6.71. The number of ether oxygens (including phenoxy) is 1. The lowest BCUT2D eigenvalue weighted by molar-refractivity contribution is 0.340. The molecule has 110 valence electrons. The second kappa shape index (κ2) is 6.49. The van der Waals surface area contributed by atoms with Gasteiger partial charge in [0.05, 0.1) is 12.3 Å². The predicted octanol–water partition coefficient (Wildman–Crippen LogP) is 3.74. The Bertz CT molecular complexity index is 659. The van der Waals surface area contributed by atoms with Crippen molar-refractivity contribution < 1.29 is 13.5 Å². The molecule has 0 aliphatic heterocycles. The number of hydrogen-bond acceptors (Lipinski definition) is 3. The molecule has 0 aliphatic carbocycles.